The maximum Gasteiger partial charge on any atom is 0.256 e. The molecule has 0 unspecified atom stereocenters. The number of nitrogens with two attached hydrogens (primary N) is 1. The second-order valence-corrected chi connectivity index (χ2v) is 3.29. The average Bonchev–Trinajstić information content (AvgIpc) is 2.29. The summed E-state index contributed by atoms with van der Waals surface area (Å²) in [5.74, 6) is 2.67. The number of carbonyl (C=O) groups is 1. The number of hydrogen-bond donors (Lipinski definition) is 1. The van der Waals surface area contributed by atoms with Gasteiger partial charge in [-0.3, -0.25) is 4.79 Å². The third kappa shape index (κ3) is 2.26. The molecule has 4 heteroatoms. The highest BCUT2D eigenvalue weighted by atomic mass is 16.5. The predicted molar refractivity (Wildman–Crippen MR) is 63.2 cm³/mol. The molecule has 0 aliphatic rings. The van der Waals surface area contributed by atoms with Crippen molar-refractivity contribution >= 4 is 11.6 Å². The zero-order valence-electron chi connectivity index (χ0n) is 9.36. The lowest BCUT2D eigenvalue weighted by Gasteiger charge is -2.16. The number of methoxy groups -OCH3 is 1. The van der Waals surface area contributed by atoms with Gasteiger partial charge in [0.2, 0.25) is 0 Å². The molecule has 1 amide bonds. The van der Waals surface area contributed by atoms with Crippen LogP contribution in [0, 0.1) is 12.3 Å². The van der Waals surface area contributed by atoms with E-state index in [9.17, 15) is 4.79 Å². The third-order valence-electron chi connectivity index (χ3n) is 2.19. The van der Waals surface area contributed by atoms with Crippen LogP contribution in [0.25, 0.3) is 0 Å². The summed E-state index contributed by atoms with van der Waals surface area (Å²) in [4.78, 5) is 13.3. The van der Waals surface area contributed by atoms with Gasteiger partial charge in [0.15, 0.2) is 0 Å². The monoisotopic (exact) mass is 218 g/mol. The van der Waals surface area contributed by atoms with Gasteiger partial charge in [-0.15, -0.1) is 6.42 Å². The van der Waals surface area contributed by atoms with Gasteiger partial charge in [0.25, 0.3) is 5.91 Å². The van der Waals surface area contributed by atoms with Crippen molar-refractivity contribution in [1.29, 1.82) is 0 Å². The summed E-state index contributed by atoms with van der Waals surface area (Å²) in [5.41, 5.74) is 6.54. The Balaban J connectivity index is 3.05. The Kier molecular flexibility index (Phi) is 3.78. The van der Waals surface area contributed by atoms with Gasteiger partial charge >= 0.3 is 0 Å². The van der Waals surface area contributed by atoms with Crippen LogP contribution in [-0.2, 0) is 0 Å². The summed E-state index contributed by atoms with van der Waals surface area (Å²) >= 11 is 0. The van der Waals surface area contributed by atoms with Crippen molar-refractivity contribution in [3.05, 3.63) is 23.8 Å². The van der Waals surface area contributed by atoms with Crippen LogP contribution in [0.2, 0.25) is 0 Å². The lowest BCUT2D eigenvalue weighted by molar-refractivity contribution is 0.0813. The number of nitrogens with zero attached hydrogens (tertiary/aromatic N) is 1. The van der Waals surface area contributed by atoms with Crippen molar-refractivity contribution in [3.63, 3.8) is 0 Å². The van der Waals surface area contributed by atoms with E-state index in [2.05, 4.69) is 5.92 Å². The first kappa shape index (κ1) is 11.9. The highest BCUT2D eigenvalue weighted by Crippen LogP contribution is 2.25. The number of nitrogen functional groups attached to an aromatic ring is 1. The summed E-state index contributed by atoms with van der Waals surface area (Å²) in [6.07, 6.45) is 5.14. The Morgan fingerprint density at radius 2 is 2.31 bits per heavy atom. The minimum Gasteiger partial charge on any atom is -0.495 e. The van der Waals surface area contributed by atoms with E-state index in [0.29, 0.717) is 17.0 Å². The maximum absolute atomic E-state index is 11.9. The zero-order chi connectivity index (χ0) is 12.1. The maximum atomic E-state index is 11.9. The van der Waals surface area contributed by atoms with Crippen molar-refractivity contribution in [3.8, 4) is 18.1 Å². The van der Waals surface area contributed by atoms with E-state index < -0.39 is 0 Å². The Labute approximate surface area is 95.0 Å². The lowest BCUT2D eigenvalue weighted by atomic mass is 10.1. The van der Waals surface area contributed by atoms with Crippen molar-refractivity contribution < 1.29 is 9.53 Å². The second kappa shape index (κ2) is 5.08. The molecule has 0 radical (unpaired) electrons. The number of amides is 1. The van der Waals surface area contributed by atoms with E-state index in [1.165, 1.54) is 12.0 Å². The van der Waals surface area contributed by atoms with E-state index in [0.717, 1.165) is 0 Å². The van der Waals surface area contributed by atoms with Crippen LogP contribution in [0.5, 0.6) is 5.75 Å². The molecule has 0 saturated carbocycles. The summed E-state index contributed by atoms with van der Waals surface area (Å²) in [5, 5.41) is 0. The normalized spacial score (nSPS) is 9.31. The fourth-order valence-electron chi connectivity index (χ4n) is 1.32. The van der Waals surface area contributed by atoms with Crippen LogP contribution in [0.15, 0.2) is 18.2 Å². The highest BCUT2D eigenvalue weighted by Gasteiger charge is 2.15. The molecular formula is C12H14N2O2. The number of para-hydroxylation sites is 1. The molecule has 0 spiro atoms. The van der Waals surface area contributed by atoms with Crippen molar-refractivity contribution in [2.24, 2.45) is 0 Å². The molecule has 0 aliphatic heterocycles. The van der Waals surface area contributed by atoms with Gasteiger partial charge < -0.3 is 15.4 Å². The summed E-state index contributed by atoms with van der Waals surface area (Å²) < 4.78 is 5.04. The van der Waals surface area contributed by atoms with E-state index in [1.807, 2.05) is 0 Å². The number of anilines is 1. The second-order valence-electron chi connectivity index (χ2n) is 3.29. The van der Waals surface area contributed by atoms with Gasteiger partial charge in [0.1, 0.15) is 5.75 Å². The minimum absolute atomic E-state index is 0.214. The van der Waals surface area contributed by atoms with E-state index in [4.69, 9.17) is 16.9 Å². The number of carbonyl (C=O) groups excluding carboxylic acids is 1. The quantitative estimate of drug-likeness (QED) is 0.608. The van der Waals surface area contributed by atoms with Crippen LogP contribution < -0.4 is 10.5 Å². The van der Waals surface area contributed by atoms with Crippen molar-refractivity contribution in [1.82, 2.24) is 4.90 Å². The first-order valence-corrected chi connectivity index (χ1v) is 4.73. The molecule has 0 bridgehead atoms. The number of hydrogen-bond acceptors (Lipinski definition) is 3. The third-order valence-corrected chi connectivity index (χ3v) is 2.19. The van der Waals surface area contributed by atoms with E-state index >= 15 is 0 Å². The molecule has 84 valence electrons. The first-order valence-electron chi connectivity index (χ1n) is 4.73. The van der Waals surface area contributed by atoms with Crippen molar-refractivity contribution in [2.75, 3.05) is 26.4 Å². The molecule has 16 heavy (non-hydrogen) atoms. The molecule has 1 rings (SSSR count). The number of benzene rings is 1. The average molecular weight is 218 g/mol. The van der Waals surface area contributed by atoms with Crippen LogP contribution in [-0.4, -0.2) is 31.5 Å². The van der Waals surface area contributed by atoms with Gasteiger partial charge in [-0.1, -0.05) is 12.0 Å². The van der Waals surface area contributed by atoms with Gasteiger partial charge in [-0.05, 0) is 12.1 Å². The molecule has 0 aliphatic carbocycles. The smallest absolute Gasteiger partial charge is 0.256 e. The lowest BCUT2D eigenvalue weighted by Crippen LogP contribution is -2.27. The summed E-state index contributed by atoms with van der Waals surface area (Å²) in [6.45, 7) is 0.246. The number of terminal acetylenes is 1. The topological polar surface area (TPSA) is 55.6 Å². The molecular weight excluding hydrogens is 204 g/mol. The molecule has 4 nitrogen and oxygen atoms in total. The van der Waals surface area contributed by atoms with Gasteiger partial charge in [0, 0.05) is 7.05 Å². The Morgan fingerprint density at radius 3 is 2.88 bits per heavy atom. The SMILES string of the molecule is C#CCN(C)C(=O)c1cccc(OC)c1N. The van der Waals surface area contributed by atoms with Gasteiger partial charge in [-0.2, -0.15) is 0 Å². The molecule has 0 aromatic heterocycles. The number of rotatable bonds is 3. The summed E-state index contributed by atoms with van der Waals surface area (Å²) in [6, 6.07) is 5.06. The fraction of sp³-hybridized carbons (Fsp3) is 0.250. The van der Waals surface area contributed by atoms with Crippen LogP contribution in [0.4, 0.5) is 5.69 Å². The molecule has 0 saturated heterocycles. The van der Waals surface area contributed by atoms with Crippen LogP contribution in [0.3, 0.4) is 0 Å². The number of ether oxygens (including phenoxy) is 1. The van der Waals surface area contributed by atoms with Crippen LogP contribution in [0.1, 0.15) is 10.4 Å². The molecule has 2 N–H and O–H groups in total. The highest BCUT2D eigenvalue weighted by molar-refractivity contribution is 6.00. The van der Waals surface area contributed by atoms with Crippen LogP contribution >= 0.6 is 0 Å². The first-order chi connectivity index (χ1) is 7.61. The molecule has 1 aromatic rings. The zero-order valence-corrected chi connectivity index (χ0v) is 9.36. The largest absolute Gasteiger partial charge is 0.495 e. The predicted octanol–water partition coefficient (Wildman–Crippen LogP) is 0.983. The van der Waals surface area contributed by atoms with E-state index in [-0.39, 0.29) is 12.5 Å². The molecule has 1 aromatic carbocycles. The summed E-state index contributed by atoms with van der Waals surface area (Å²) in [7, 11) is 3.13. The molecule has 0 heterocycles. The standard InChI is InChI=1S/C12H14N2O2/c1-4-8-14(2)12(15)9-6-5-7-10(16-3)11(9)13/h1,5-7H,8,13H2,2-3H3. The van der Waals surface area contributed by atoms with Crippen molar-refractivity contribution in [2.45, 2.75) is 0 Å². The Hall–Kier alpha value is -2.15. The molecule has 0 fully saturated rings. The van der Waals surface area contributed by atoms with E-state index in [1.54, 1.807) is 25.2 Å². The van der Waals surface area contributed by atoms with Gasteiger partial charge in [0.05, 0.1) is 24.9 Å². The fourth-order valence-corrected chi connectivity index (χ4v) is 1.32. The Bertz CT molecular complexity index is 435. The molecule has 0 atom stereocenters. The Morgan fingerprint density at radius 1 is 1.62 bits per heavy atom. The van der Waals surface area contributed by atoms with Gasteiger partial charge in [-0.25, -0.2) is 0 Å². The minimum atomic E-state index is -0.214.